The molecule has 0 radical (unpaired) electrons. The lowest BCUT2D eigenvalue weighted by molar-refractivity contribution is -0.120. The summed E-state index contributed by atoms with van der Waals surface area (Å²) in [6.45, 7) is 3.17. The van der Waals surface area contributed by atoms with Crippen molar-refractivity contribution in [1.29, 1.82) is 0 Å². The molecular formula is C9H18N4O3S. The molecule has 0 spiro atoms. The van der Waals surface area contributed by atoms with Crippen LogP contribution < -0.4 is 10.6 Å². The van der Waals surface area contributed by atoms with Crippen molar-refractivity contribution in [2.45, 2.75) is 6.42 Å². The fourth-order valence-corrected chi connectivity index (χ4v) is 3.62. The molecule has 2 N–H and O–H groups in total. The van der Waals surface area contributed by atoms with E-state index in [1.54, 1.807) is 0 Å². The van der Waals surface area contributed by atoms with Gasteiger partial charge < -0.3 is 10.6 Å². The van der Waals surface area contributed by atoms with Gasteiger partial charge in [-0.1, -0.05) is 0 Å². The first kappa shape index (κ1) is 12.7. The Hall–Kier alpha value is -0.700. The van der Waals surface area contributed by atoms with Gasteiger partial charge in [-0.15, -0.1) is 0 Å². The molecule has 98 valence electrons. The molecule has 0 aromatic carbocycles. The number of rotatable bonds is 2. The Morgan fingerprint density at radius 1 is 1.00 bits per heavy atom. The molecule has 0 saturated carbocycles. The number of nitrogens with one attached hydrogen (secondary N) is 2. The monoisotopic (exact) mass is 262 g/mol. The van der Waals surface area contributed by atoms with Crippen molar-refractivity contribution in [3.63, 3.8) is 0 Å². The van der Waals surface area contributed by atoms with E-state index in [-0.39, 0.29) is 12.5 Å². The van der Waals surface area contributed by atoms with Crippen LogP contribution in [-0.4, -0.2) is 68.7 Å². The molecule has 2 aliphatic heterocycles. The van der Waals surface area contributed by atoms with Crippen LogP contribution >= 0.6 is 0 Å². The van der Waals surface area contributed by atoms with E-state index in [1.807, 2.05) is 0 Å². The highest BCUT2D eigenvalue weighted by molar-refractivity contribution is 7.86. The van der Waals surface area contributed by atoms with Crippen LogP contribution in [0.1, 0.15) is 6.42 Å². The fourth-order valence-electron chi connectivity index (χ4n) is 2.01. The van der Waals surface area contributed by atoms with Gasteiger partial charge in [0.15, 0.2) is 0 Å². The lowest BCUT2D eigenvalue weighted by Gasteiger charge is -2.31. The lowest BCUT2D eigenvalue weighted by atomic mass is 10.4. The molecule has 0 unspecified atom stereocenters. The largest absolute Gasteiger partial charge is 0.355 e. The zero-order valence-corrected chi connectivity index (χ0v) is 10.5. The molecule has 0 atom stereocenters. The third-order valence-electron chi connectivity index (χ3n) is 2.95. The Morgan fingerprint density at radius 3 is 2.41 bits per heavy atom. The second kappa shape index (κ2) is 5.30. The van der Waals surface area contributed by atoms with Crippen molar-refractivity contribution in [2.75, 3.05) is 45.8 Å². The molecule has 2 saturated heterocycles. The molecule has 17 heavy (non-hydrogen) atoms. The first-order valence-corrected chi connectivity index (χ1v) is 7.23. The van der Waals surface area contributed by atoms with Gasteiger partial charge in [0.2, 0.25) is 5.91 Å². The first-order valence-electron chi connectivity index (χ1n) is 5.83. The van der Waals surface area contributed by atoms with E-state index in [2.05, 4.69) is 10.6 Å². The molecule has 2 rings (SSSR count). The Labute approximate surface area is 101 Å². The number of amides is 1. The van der Waals surface area contributed by atoms with Gasteiger partial charge >= 0.3 is 0 Å². The van der Waals surface area contributed by atoms with Gasteiger partial charge in [0, 0.05) is 39.3 Å². The summed E-state index contributed by atoms with van der Waals surface area (Å²) in [7, 11) is -3.48. The summed E-state index contributed by atoms with van der Waals surface area (Å²) in [6.07, 6.45) is 0.664. The van der Waals surface area contributed by atoms with Gasteiger partial charge in [0.1, 0.15) is 0 Å². The normalized spacial score (nSPS) is 25.3. The predicted octanol–water partition coefficient (Wildman–Crippen LogP) is -2.04. The SMILES string of the molecule is O=C1CN(S(=O)(=O)N2CCNCC2)CCCN1. The first-order chi connectivity index (χ1) is 8.10. The molecule has 2 aliphatic rings. The van der Waals surface area contributed by atoms with Crippen molar-refractivity contribution in [3.05, 3.63) is 0 Å². The second-order valence-corrected chi connectivity index (χ2v) is 6.12. The van der Waals surface area contributed by atoms with Crippen molar-refractivity contribution in [2.24, 2.45) is 0 Å². The smallest absolute Gasteiger partial charge is 0.282 e. The molecule has 1 amide bonds. The number of nitrogens with zero attached hydrogens (tertiary/aromatic N) is 2. The van der Waals surface area contributed by atoms with Crippen molar-refractivity contribution in [1.82, 2.24) is 19.2 Å². The average molecular weight is 262 g/mol. The molecule has 0 aliphatic carbocycles. The molecule has 2 heterocycles. The van der Waals surface area contributed by atoms with E-state index in [1.165, 1.54) is 8.61 Å². The van der Waals surface area contributed by atoms with E-state index < -0.39 is 10.2 Å². The molecule has 0 bridgehead atoms. The summed E-state index contributed by atoms with van der Waals surface area (Å²) in [5, 5.41) is 5.78. The summed E-state index contributed by atoms with van der Waals surface area (Å²) in [4.78, 5) is 11.4. The number of carbonyl (C=O) groups is 1. The third-order valence-corrected chi connectivity index (χ3v) is 4.94. The topological polar surface area (TPSA) is 81.8 Å². The summed E-state index contributed by atoms with van der Waals surface area (Å²) >= 11 is 0. The number of hydrogen-bond donors (Lipinski definition) is 2. The van der Waals surface area contributed by atoms with Gasteiger partial charge in [-0.3, -0.25) is 4.79 Å². The van der Waals surface area contributed by atoms with E-state index in [0.29, 0.717) is 45.7 Å². The Bertz CT molecular complexity index is 378. The number of hydrogen-bond acceptors (Lipinski definition) is 4. The summed E-state index contributed by atoms with van der Waals surface area (Å²) in [5.41, 5.74) is 0. The van der Waals surface area contributed by atoms with Gasteiger partial charge in [-0.2, -0.15) is 17.0 Å². The van der Waals surface area contributed by atoms with Crippen LogP contribution in [0.4, 0.5) is 0 Å². The number of piperazine rings is 1. The van der Waals surface area contributed by atoms with E-state index in [9.17, 15) is 13.2 Å². The Morgan fingerprint density at radius 2 is 1.71 bits per heavy atom. The van der Waals surface area contributed by atoms with Crippen LogP contribution in [0.2, 0.25) is 0 Å². The van der Waals surface area contributed by atoms with Crippen LogP contribution in [0.5, 0.6) is 0 Å². The molecule has 0 aromatic heterocycles. The molecule has 2 fully saturated rings. The maximum atomic E-state index is 12.3. The highest BCUT2D eigenvalue weighted by Gasteiger charge is 2.32. The zero-order chi connectivity index (χ0) is 12.3. The Kier molecular flexibility index (Phi) is 3.97. The van der Waals surface area contributed by atoms with Crippen LogP contribution in [0.15, 0.2) is 0 Å². The summed E-state index contributed by atoms with van der Waals surface area (Å²) in [5.74, 6) is -0.221. The van der Waals surface area contributed by atoms with Gasteiger partial charge in [-0.05, 0) is 6.42 Å². The minimum Gasteiger partial charge on any atom is -0.355 e. The van der Waals surface area contributed by atoms with Gasteiger partial charge in [0.05, 0.1) is 6.54 Å². The minimum absolute atomic E-state index is 0.0632. The van der Waals surface area contributed by atoms with Gasteiger partial charge in [0.25, 0.3) is 10.2 Å². The maximum absolute atomic E-state index is 12.3. The fraction of sp³-hybridized carbons (Fsp3) is 0.889. The summed E-state index contributed by atoms with van der Waals surface area (Å²) in [6, 6.07) is 0. The third kappa shape index (κ3) is 2.95. The Balaban J connectivity index is 2.09. The maximum Gasteiger partial charge on any atom is 0.282 e. The van der Waals surface area contributed by atoms with E-state index in [0.717, 1.165) is 0 Å². The number of carbonyl (C=O) groups excluding carboxylic acids is 1. The van der Waals surface area contributed by atoms with Crippen LogP contribution in [0.25, 0.3) is 0 Å². The standard InChI is InChI=1S/C9H18N4O3S/c14-9-8-13(5-1-2-11-9)17(15,16)12-6-3-10-4-7-12/h10H,1-8H2,(H,11,14). The van der Waals surface area contributed by atoms with Crippen molar-refractivity contribution < 1.29 is 13.2 Å². The molecule has 0 aromatic rings. The minimum atomic E-state index is -3.48. The zero-order valence-electron chi connectivity index (χ0n) is 9.68. The van der Waals surface area contributed by atoms with Crippen molar-refractivity contribution in [3.8, 4) is 0 Å². The van der Waals surface area contributed by atoms with E-state index >= 15 is 0 Å². The van der Waals surface area contributed by atoms with Crippen molar-refractivity contribution >= 4 is 16.1 Å². The quantitative estimate of drug-likeness (QED) is 0.601. The van der Waals surface area contributed by atoms with E-state index in [4.69, 9.17) is 0 Å². The predicted molar refractivity (Wildman–Crippen MR) is 62.6 cm³/mol. The van der Waals surface area contributed by atoms with Gasteiger partial charge in [-0.25, -0.2) is 0 Å². The second-order valence-electron chi connectivity index (χ2n) is 4.19. The lowest BCUT2D eigenvalue weighted by Crippen LogP contribution is -2.52. The highest BCUT2D eigenvalue weighted by Crippen LogP contribution is 2.11. The molecule has 7 nitrogen and oxygen atoms in total. The van der Waals surface area contributed by atoms with Crippen LogP contribution in [-0.2, 0) is 15.0 Å². The van der Waals surface area contributed by atoms with Crippen LogP contribution in [0.3, 0.4) is 0 Å². The average Bonchev–Trinajstić information content (AvgIpc) is 2.55. The molecule has 8 heteroatoms. The van der Waals surface area contributed by atoms with Crippen LogP contribution in [0, 0.1) is 0 Å². The summed E-state index contributed by atoms with van der Waals surface area (Å²) < 4.78 is 27.3. The highest BCUT2D eigenvalue weighted by atomic mass is 32.2. The molecular weight excluding hydrogens is 244 g/mol.